The third kappa shape index (κ3) is 3.33. The van der Waals surface area contributed by atoms with E-state index in [2.05, 4.69) is 9.72 Å². The maximum absolute atomic E-state index is 11.2. The molecule has 2 unspecified atom stereocenters. The van der Waals surface area contributed by atoms with Crippen LogP contribution in [0, 0.1) is 0 Å². The molecular weight excluding hydrogens is 226 g/mol. The van der Waals surface area contributed by atoms with Crippen molar-refractivity contribution in [3.8, 4) is 0 Å². The number of carbonyl (C=O) groups excluding carboxylic acids is 2. The third-order valence-corrected chi connectivity index (χ3v) is 2.08. The van der Waals surface area contributed by atoms with Gasteiger partial charge in [0.15, 0.2) is 12.4 Å². The lowest BCUT2D eigenvalue weighted by Gasteiger charge is -2.15. The van der Waals surface area contributed by atoms with Crippen molar-refractivity contribution in [3.63, 3.8) is 0 Å². The smallest absolute Gasteiger partial charge is 0.338 e. The molecule has 2 N–H and O–H groups in total. The van der Waals surface area contributed by atoms with Crippen molar-refractivity contribution >= 4 is 12.3 Å². The molecule has 0 aliphatic heterocycles. The maximum atomic E-state index is 11.2. The summed E-state index contributed by atoms with van der Waals surface area (Å²) in [6, 6.07) is 2.78. The molecule has 1 aromatic rings. The Bertz CT molecular complexity index is 389. The lowest BCUT2D eigenvalue weighted by atomic mass is 10.1. The fraction of sp³-hybridized carbons (Fsp3) is 0.364. The van der Waals surface area contributed by atoms with Crippen LogP contribution in [0.4, 0.5) is 0 Å². The summed E-state index contributed by atoms with van der Waals surface area (Å²) in [5.74, 6) is -0.915. The van der Waals surface area contributed by atoms with Crippen molar-refractivity contribution in [2.24, 2.45) is 0 Å². The summed E-state index contributed by atoms with van der Waals surface area (Å²) in [5, 5.41) is 19.1. The van der Waals surface area contributed by atoms with Gasteiger partial charge in [0.05, 0.1) is 12.3 Å². The van der Waals surface area contributed by atoms with Crippen LogP contribution in [0.3, 0.4) is 0 Å². The van der Waals surface area contributed by atoms with Crippen LogP contribution in [0.2, 0.25) is 0 Å². The molecule has 0 bridgehead atoms. The SMILES string of the molecule is CCOC(=O)C(O)C(O)c1ccc(C=O)cn1. The number of esters is 1. The first-order valence-corrected chi connectivity index (χ1v) is 5.04. The quantitative estimate of drug-likeness (QED) is 0.548. The second-order valence-electron chi connectivity index (χ2n) is 3.28. The van der Waals surface area contributed by atoms with Crippen molar-refractivity contribution in [2.75, 3.05) is 6.61 Å². The molecule has 1 rings (SSSR count). The maximum Gasteiger partial charge on any atom is 0.338 e. The zero-order valence-corrected chi connectivity index (χ0v) is 9.24. The van der Waals surface area contributed by atoms with Gasteiger partial charge in [-0.3, -0.25) is 9.78 Å². The number of aliphatic hydroxyl groups is 2. The van der Waals surface area contributed by atoms with E-state index in [1.807, 2.05) is 0 Å². The minimum atomic E-state index is -1.69. The third-order valence-electron chi connectivity index (χ3n) is 2.08. The van der Waals surface area contributed by atoms with Gasteiger partial charge in [-0.2, -0.15) is 0 Å². The van der Waals surface area contributed by atoms with Gasteiger partial charge < -0.3 is 14.9 Å². The average Bonchev–Trinajstić information content (AvgIpc) is 2.37. The fourth-order valence-electron chi connectivity index (χ4n) is 1.18. The van der Waals surface area contributed by atoms with Crippen LogP contribution < -0.4 is 0 Å². The minimum absolute atomic E-state index is 0.0937. The van der Waals surface area contributed by atoms with E-state index in [1.165, 1.54) is 18.3 Å². The van der Waals surface area contributed by atoms with Gasteiger partial charge in [-0.25, -0.2) is 4.79 Å². The molecule has 0 amide bonds. The molecule has 0 aliphatic carbocycles. The Morgan fingerprint density at radius 2 is 2.24 bits per heavy atom. The second-order valence-corrected chi connectivity index (χ2v) is 3.28. The van der Waals surface area contributed by atoms with Crippen LogP contribution in [-0.2, 0) is 9.53 Å². The van der Waals surface area contributed by atoms with Gasteiger partial charge in [0.25, 0.3) is 0 Å². The number of hydrogen-bond acceptors (Lipinski definition) is 6. The van der Waals surface area contributed by atoms with E-state index >= 15 is 0 Å². The van der Waals surface area contributed by atoms with Gasteiger partial charge in [0.2, 0.25) is 0 Å². The van der Waals surface area contributed by atoms with Crippen molar-refractivity contribution in [3.05, 3.63) is 29.6 Å². The molecule has 17 heavy (non-hydrogen) atoms. The van der Waals surface area contributed by atoms with Crippen LogP contribution in [0.1, 0.15) is 29.1 Å². The highest BCUT2D eigenvalue weighted by atomic mass is 16.5. The number of aliphatic hydroxyl groups excluding tert-OH is 2. The fourth-order valence-corrected chi connectivity index (χ4v) is 1.18. The number of hydrogen-bond donors (Lipinski definition) is 2. The molecule has 0 aliphatic rings. The van der Waals surface area contributed by atoms with Gasteiger partial charge in [-0.1, -0.05) is 0 Å². The van der Waals surface area contributed by atoms with Crippen molar-refractivity contribution in [1.29, 1.82) is 0 Å². The summed E-state index contributed by atoms with van der Waals surface area (Å²) in [6.07, 6.45) is -1.33. The number of carbonyl (C=O) groups is 2. The Hall–Kier alpha value is -1.79. The first-order chi connectivity index (χ1) is 8.10. The predicted octanol–water partition coefficient (Wildman–Crippen LogP) is -0.148. The number of rotatable bonds is 5. The van der Waals surface area contributed by atoms with Crippen molar-refractivity contribution in [1.82, 2.24) is 4.98 Å². The molecule has 0 saturated carbocycles. The van der Waals surface area contributed by atoms with Crippen molar-refractivity contribution < 1.29 is 24.5 Å². The summed E-state index contributed by atoms with van der Waals surface area (Å²) in [5.41, 5.74) is 0.433. The second kappa shape index (κ2) is 6.07. The van der Waals surface area contributed by atoms with Crippen LogP contribution in [0.5, 0.6) is 0 Å². The van der Waals surface area contributed by atoms with Crippen LogP contribution in [-0.4, -0.2) is 40.2 Å². The summed E-state index contributed by atoms with van der Waals surface area (Å²) >= 11 is 0. The minimum Gasteiger partial charge on any atom is -0.464 e. The van der Waals surface area contributed by atoms with E-state index in [1.54, 1.807) is 6.92 Å². The Balaban J connectivity index is 2.77. The summed E-state index contributed by atoms with van der Waals surface area (Å²) in [6.45, 7) is 1.70. The predicted molar refractivity (Wildman–Crippen MR) is 57.2 cm³/mol. The molecule has 92 valence electrons. The van der Waals surface area contributed by atoms with Crippen molar-refractivity contribution in [2.45, 2.75) is 19.1 Å². The first-order valence-electron chi connectivity index (χ1n) is 5.04. The molecule has 0 aromatic carbocycles. The Labute approximate surface area is 97.9 Å². The average molecular weight is 239 g/mol. The molecule has 2 atom stereocenters. The molecule has 6 nitrogen and oxygen atoms in total. The van der Waals surface area contributed by atoms with Crippen LogP contribution in [0.25, 0.3) is 0 Å². The van der Waals surface area contributed by atoms with Gasteiger partial charge in [-0.05, 0) is 19.1 Å². The lowest BCUT2D eigenvalue weighted by molar-refractivity contribution is -0.159. The molecule has 0 saturated heterocycles. The summed E-state index contributed by atoms with van der Waals surface area (Å²) in [4.78, 5) is 25.3. The Morgan fingerprint density at radius 3 is 2.71 bits per heavy atom. The molecule has 0 radical (unpaired) electrons. The first kappa shape index (κ1) is 13.3. The molecule has 1 aromatic heterocycles. The molecule has 1 heterocycles. The Kier molecular flexibility index (Phi) is 4.74. The van der Waals surface area contributed by atoms with Gasteiger partial charge in [-0.15, -0.1) is 0 Å². The number of nitrogens with zero attached hydrogens (tertiary/aromatic N) is 1. The van der Waals surface area contributed by atoms with E-state index in [0.29, 0.717) is 11.8 Å². The molecular formula is C11H13NO5. The Morgan fingerprint density at radius 1 is 1.53 bits per heavy atom. The lowest BCUT2D eigenvalue weighted by Crippen LogP contribution is -2.30. The zero-order valence-electron chi connectivity index (χ0n) is 9.24. The summed E-state index contributed by atoms with van der Waals surface area (Å²) in [7, 11) is 0. The standard InChI is InChI=1S/C11H13NO5/c1-2-17-11(16)10(15)9(14)8-4-3-7(6-13)5-12-8/h3-6,9-10,14-15H,2H2,1H3. The van der Waals surface area contributed by atoms with E-state index in [0.717, 1.165) is 0 Å². The number of pyridine rings is 1. The molecule has 0 spiro atoms. The normalized spacial score (nSPS) is 13.8. The topological polar surface area (TPSA) is 96.7 Å². The zero-order chi connectivity index (χ0) is 12.8. The highest BCUT2D eigenvalue weighted by Gasteiger charge is 2.27. The van der Waals surface area contributed by atoms with Crippen LogP contribution in [0.15, 0.2) is 18.3 Å². The van der Waals surface area contributed by atoms with Gasteiger partial charge >= 0.3 is 5.97 Å². The number of aldehydes is 1. The van der Waals surface area contributed by atoms with E-state index in [-0.39, 0.29) is 12.3 Å². The monoisotopic (exact) mass is 239 g/mol. The number of aromatic nitrogens is 1. The summed E-state index contributed by atoms with van der Waals surface area (Å²) < 4.78 is 4.56. The number of ether oxygens (including phenoxy) is 1. The van der Waals surface area contributed by atoms with Gasteiger partial charge in [0.1, 0.15) is 6.10 Å². The highest BCUT2D eigenvalue weighted by Crippen LogP contribution is 2.15. The van der Waals surface area contributed by atoms with Gasteiger partial charge in [0, 0.05) is 11.8 Å². The molecule has 6 heteroatoms. The van der Waals surface area contributed by atoms with Crippen LogP contribution >= 0.6 is 0 Å². The van der Waals surface area contributed by atoms with E-state index in [9.17, 15) is 19.8 Å². The van der Waals surface area contributed by atoms with E-state index < -0.39 is 18.2 Å². The molecule has 0 fully saturated rings. The highest BCUT2D eigenvalue weighted by molar-refractivity contribution is 5.75. The van der Waals surface area contributed by atoms with E-state index in [4.69, 9.17) is 0 Å². The largest absolute Gasteiger partial charge is 0.464 e.